The number of nitro groups is 1. The van der Waals surface area contributed by atoms with Crippen LogP contribution in [0, 0.1) is 21.7 Å². The van der Waals surface area contributed by atoms with E-state index in [4.69, 9.17) is 11.6 Å². The van der Waals surface area contributed by atoms with Gasteiger partial charge in [-0.1, -0.05) is 11.6 Å². The van der Waals surface area contributed by atoms with Crippen LogP contribution < -0.4 is 5.32 Å². The summed E-state index contributed by atoms with van der Waals surface area (Å²) in [7, 11) is 0. The fourth-order valence-electron chi connectivity index (χ4n) is 1.47. The van der Waals surface area contributed by atoms with Crippen LogP contribution in [0.4, 0.5) is 20.2 Å². The Labute approximate surface area is 129 Å². The van der Waals surface area contributed by atoms with E-state index in [1.54, 1.807) is 6.07 Å². The van der Waals surface area contributed by atoms with E-state index in [-0.39, 0.29) is 12.2 Å². The second-order valence-electron chi connectivity index (χ2n) is 3.73. The van der Waals surface area contributed by atoms with Gasteiger partial charge in [0.15, 0.2) is 0 Å². The molecule has 9 heteroatoms. The van der Waals surface area contributed by atoms with Crippen molar-refractivity contribution in [3.05, 3.63) is 53.6 Å². The minimum absolute atomic E-state index is 0.140. The Bertz CT molecular complexity index is 661. The predicted molar refractivity (Wildman–Crippen MR) is 77.4 cm³/mol. The van der Waals surface area contributed by atoms with E-state index in [1.165, 1.54) is 11.3 Å². The first-order valence-corrected chi connectivity index (χ1v) is 7.18. The van der Waals surface area contributed by atoms with Gasteiger partial charge in [-0.15, -0.1) is 11.3 Å². The second kappa shape index (κ2) is 6.02. The summed E-state index contributed by atoms with van der Waals surface area (Å²) >= 11 is 10.4. The van der Waals surface area contributed by atoms with Crippen molar-refractivity contribution >= 4 is 50.2 Å². The molecule has 4 nitrogen and oxygen atoms in total. The summed E-state index contributed by atoms with van der Waals surface area (Å²) in [6, 6.07) is 3.06. The molecule has 0 amide bonds. The van der Waals surface area contributed by atoms with Crippen LogP contribution in [0.3, 0.4) is 0 Å². The highest BCUT2D eigenvalue weighted by molar-refractivity contribution is 9.10. The van der Waals surface area contributed by atoms with Gasteiger partial charge in [-0.05, 0) is 22.0 Å². The van der Waals surface area contributed by atoms with Gasteiger partial charge in [0, 0.05) is 28.0 Å². The van der Waals surface area contributed by atoms with Gasteiger partial charge in [0.05, 0.1) is 10.6 Å². The summed E-state index contributed by atoms with van der Waals surface area (Å²) in [5.41, 5.74) is -0.918. The zero-order valence-corrected chi connectivity index (χ0v) is 12.8. The summed E-state index contributed by atoms with van der Waals surface area (Å²) in [6.07, 6.45) is 0. The largest absolute Gasteiger partial charge is 0.378 e. The Hall–Kier alpha value is -1.25. The Kier molecular flexibility index (Phi) is 4.56. The molecule has 0 radical (unpaired) electrons. The lowest BCUT2D eigenvalue weighted by molar-refractivity contribution is -0.387. The molecule has 20 heavy (non-hydrogen) atoms. The maximum atomic E-state index is 13.5. The third-order valence-electron chi connectivity index (χ3n) is 2.38. The molecule has 106 valence electrons. The molecule has 0 saturated carbocycles. The number of hydrogen-bond acceptors (Lipinski definition) is 4. The van der Waals surface area contributed by atoms with Gasteiger partial charge in [0.1, 0.15) is 10.2 Å². The van der Waals surface area contributed by atoms with Gasteiger partial charge in [-0.3, -0.25) is 10.1 Å². The molecule has 1 aromatic carbocycles. The van der Waals surface area contributed by atoms with Gasteiger partial charge >= 0.3 is 5.69 Å². The van der Waals surface area contributed by atoms with Crippen LogP contribution in [-0.4, -0.2) is 4.92 Å². The lowest BCUT2D eigenvalue weighted by atomic mass is 10.2. The smallest absolute Gasteiger partial charge is 0.307 e. The zero-order valence-electron chi connectivity index (χ0n) is 9.62. The predicted octanol–water partition coefficient (Wildman–Crippen LogP) is 4.96. The van der Waals surface area contributed by atoms with Crippen LogP contribution in [-0.2, 0) is 6.54 Å². The van der Waals surface area contributed by atoms with Crippen molar-refractivity contribution < 1.29 is 13.7 Å². The Morgan fingerprint density at radius 3 is 2.60 bits per heavy atom. The van der Waals surface area contributed by atoms with Crippen molar-refractivity contribution in [3.63, 3.8) is 0 Å². The second-order valence-corrected chi connectivity index (χ2v) is 6.32. The molecule has 0 aliphatic carbocycles. The van der Waals surface area contributed by atoms with Crippen LogP contribution in [0.5, 0.6) is 0 Å². The summed E-state index contributed by atoms with van der Waals surface area (Å²) in [4.78, 5) is 10.5. The molecule has 0 aliphatic rings. The van der Waals surface area contributed by atoms with Crippen LogP contribution in [0.25, 0.3) is 0 Å². The number of nitro benzene ring substituents is 1. The summed E-state index contributed by atoms with van der Waals surface area (Å²) in [5, 5.41) is 13.3. The SMILES string of the molecule is O=[N+]([O-])c1cc(NCc2cc(Br)c(Cl)s2)c(F)cc1F. The summed E-state index contributed by atoms with van der Waals surface area (Å²) in [6.45, 7) is 0.218. The molecule has 0 fully saturated rings. The number of halogens is 4. The van der Waals surface area contributed by atoms with Gasteiger partial charge in [-0.25, -0.2) is 4.39 Å². The number of thiophene rings is 1. The van der Waals surface area contributed by atoms with Crippen LogP contribution in [0.1, 0.15) is 4.88 Å². The highest BCUT2D eigenvalue weighted by Gasteiger charge is 2.18. The van der Waals surface area contributed by atoms with Crippen molar-refractivity contribution in [2.45, 2.75) is 6.54 Å². The van der Waals surface area contributed by atoms with Gasteiger partial charge in [0.25, 0.3) is 0 Å². The fourth-order valence-corrected chi connectivity index (χ4v) is 3.20. The maximum Gasteiger partial charge on any atom is 0.307 e. The minimum atomic E-state index is -1.21. The summed E-state index contributed by atoms with van der Waals surface area (Å²) < 4.78 is 28.0. The van der Waals surface area contributed by atoms with E-state index in [1.807, 2.05) is 0 Å². The van der Waals surface area contributed by atoms with E-state index in [0.717, 1.165) is 10.9 Å². The molecule has 2 rings (SSSR count). The topological polar surface area (TPSA) is 55.2 Å². The van der Waals surface area contributed by atoms with Gasteiger partial charge < -0.3 is 5.32 Å². The third-order valence-corrected chi connectivity index (χ3v) is 4.86. The standard InChI is InChI=1S/C11H6BrClF2N2O2S/c12-6-1-5(20-11(6)13)4-16-9-3-10(17(18)19)8(15)2-7(9)14/h1-3,16H,4H2. The van der Waals surface area contributed by atoms with Crippen molar-refractivity contribution in [2.75, 3.05) is 5.32 Å². The molecule has 1 N–H and O–H groups in total. The van der Waals surface area contributed by atoms with E-state index >= 15 is 0 Å². The van der Waals surface area contributed by atoms with Crippen molar-refractivity contribution in [2.24, 2.45) is 0 Å². The minimum Gasteiger partial charge on any atom is -0.378 e. The van der Waals surface area contributed by atoms with Gasteiger partial charge in [0.2, 0.25) is 5.82 Å². The lowest BCUT2D eigenvalue weighted by Gasteiger charge is -2.06. The average Bonchev–Trinajstić information content (AvgIpc) is 2.67. The quantitative estimate of drug-likeness (QED) is 0.599. The third kappa shape index (κ3) is 3.25. The van der Waals surface area contributed by atoms with Crippen LogP contribution in [0.2, 0.25) is 4.34 Å². The number of nitrogens with zero attached hydrogens (tertiary/aromatic N) is 1. The normalized spacial score (nSPS) is 10.6. The van der Waals surface area contributed by atoms with Crippen molar-refractivity contribution in [1.29, 1.82) is 0 Å². The molecule has 0 spiro atoms. The number of nitrogens with one attached hydrogen (secondary N) is 1. The van der Waals surface area contributed by atoms with Crippen molar-refractivity contribution in [1.82, 2.24) is 0 Å². The molecule has 1 aromatic heterocycles. The fraction of sp³-hybridized carbons (Fsp3) is 0.0909. The van der Waals surface area contributed by atoms with E-state index < -0.39 is 22.2 Å². The lowest BCUT2D eigenvalue weighted by Crippen LogP contribution is -2.02. The van der Waals surface area contributed by atoms with Crippen LogP contribution in [0.15, 0.2) is 22.7 Å². The molecule has 0 unspecified atom stereocenters. The first kappa shape index (κ1) is 15.1. The molecule has 0 aliphatic heterocycles. The van der Waals surface area contributed by atoms with E-state index in [9.17, 15) is 18.9 Å². The molecule has 2 aromatic rings. The summed E-state index contributed by atoms with van der Waals surface area (Å²) in [5.74, 6) is -2.10. The Balaban J connectivity index is 2.21. The first-order valence-electron chi connectivity index (χ1n) is 5.19. The Morgan fingerprint density at radius 1 is 1.35 bits per heavy atom. The highest BCUT2D eigenvalue weighted by atomic mass is 79.9. The van der Waals surface area contributed by atoms with Gasteiger partial charge in [-0.2, -0.15) is 4.39 Å². The molecular formula is C11H6BrClF2N2O2S. The maximum absolute atomic E-state index is 13.5. The number of anilines is 1. The molecular weight excluding hydrogens is 378 g/mol. The number of benzene rings is 1. The van der Waals surface area contributed by atoms with E-state index in [0.29, 0.717) is 14.9 Å². The molecule has 0 atom stereocenters. The number of rotatable bonds is 4. The van der Waals surface area contributed by atoms with E-state index in [2.05, 4.69) is 21.2 Å². The monoisotopic (exact) mass is 382 g/mol. The highest BCUT2D eigenvalue weighted by Crippen LogP contribution is 2.33. The molecule has 0 saturated heterocycles. The zero-order chi connectivity index (χ0) is 14.9. The van der Waals surface area contributed by atoms with Crippen molar-refractivity contribution in [3.8, 4) is 0 Å². The number of hydrogen-bond donors (Lipinski definition) is 1. The molecule has 1 heterocycles. The Morgan fingerprint density at radius 2 is 2.05 bits per heavy atom. The average molecular weight is 384 g/mol. The molecule has 0 bridgehead atoms. The first-order chi connectivity index (χ1) is 9.38. The van der Waals surface area contributed by atoms with Crippen LogP contribution >= 0.6 is 38.9 Å².